The van der Waals surface area contributed by atoms with Gasteiger partial charge in [0.05, 0.1) is 40.4 Å². The number of benzene rings is 1. The lowest BCUT2D eigenvalue weighted by Gasteiger charge is -2.35. The van der Waals surface area contributed by atoms with Gasteiger partial charge in [-0.25, -0.2) is 19.3 Å². The number of ether oxygens (including phenoxy) is 1. The molecule has 3 aromatic rings. The van der Waals surface area contributed by atoms with Crippen molar-refractivity contribution in [1.82, 2.24) is 20.1 Å². The summed E-state index contributed by atoms with van der Waals surface area (Å²) >= 11 is 6.31. The van der Waals surface area contributed by atoms with E-state index in [1.807, 2.05) is 0 Å². The highest BCUT2D eigenvalue weighted by atomic mass is 35.5. The molecule has 0 saturated carbocycles. The van der Waals surface area contributed by atoms with Gasteiger partial charge in [0.2, 0.25) is 5.88 Å². The third-order valence-electron chi connectivity index (χ3n) is 6.35. The van der Waals surface area contributed by atoms with Gasteiger partial charge in [-0.15, -0.1) is 0 Å². The predicted molar refractivity (Wildman–Crippen MR) is 130 cm³/mol. The first kappa shape index (κ1) is 25.8. The van der Waals surface area contributed by atoms with E-state index in [-0.39, 0.29) is 46.5 Å². The number of alkyl halides is 3. The van der Waals surface area contributed by atoms with E-state index in [9.17, 15) is 27.2 Å². The Hall–Kier alpha value is -3.87. The molecule has 2 bridgehead atoms. The van der Waals surface area contributed by atoms with Crippen LogP contribution in [0.1, 0.15) is 35.8 Å². The fourth-order valence-corrected chi connectivity index (χ4v) is 4.98. The molecule has 3 N–H and O–H groups in total. The average molecular weight is 553 g/mol. The number of fused-ring (bicyclic) bond motifs is 4. The van der Waals surface area contributed by atoms with Crippen LogP contribution in [0.5, 0.6) is 5.88 Å². The summed E-state index contributed by atoms with van der Waals surface area (Å²) in [7, 11) is 0. The third-order valence-corrected chi connectivity index (χ3v) is 6.66. The van der Waals surface area contributed by atoms with Crippen LogP contribution in [0.25, 0.3) is 0 Å². The Kier molecular flexibility index (Phi) is 6.86. The van der Waals surface area contributed by atoms with Gasteiger partial charge in [0, 0.05) is 24.2 Å². The minimum absolute atomic E-state index is 0.0275. The highest BCUT2D eigenvalue weighted by Gasteiger charge is 2.44. The first-order valence-electron chi connectivity index (χ1n) is 11.6. The van der Waals surface area contributed by atoms with Crippen molar-refractivity contribution in [1.29, 1.82) is 0 Å². The van der Waals surface area contributed by atoms with E-state index in [1.165, 1.54) is 24.3 Å². The second-order valence-corrected chi connectivity index (χ2v) is 9.37. The lowest BCUT2D eigenvalue weighted by molar-refractivity contribution is -0.154. The van der Waals surface area contributed by atoms with E-state index in [0.717, 1.165) is 18.1 Å². The molecule has 5 rings (SSSR count). The molecule has 200 valence electrons. The Morgan fingerprint density at radius 3 is 2.82 bits per heavy atom. The number of carbonyl (C=O) groups excluding carboxylic acids is 1. The van der Waals surface area contributed by atoms with E-state index in [4.69, 9.17) is 11.6 Å². The summed E-state index contributed by atoms with van der Waals surface area (Å²) < 4.78 is 56.7. The average Bonchev–Trinajstić information content (AvgIpc) is 3.18. The zero-order valence-electron chi connectivity index (χ0n) is 19.6. The van der Waals surface area contributed by atoms with Gasteiger partial charge in [0.1, 0.15) is 5.82 Å². The number of hydrogen-bond acceptors (Lipinski definition) is 6. The Morgan fingerprint density at radius 1 is 1.21 bits per heavy atom. The first-order chi connectivity index (χ1) is 18.1. The van der Waals surface area contributed by atoms with Crippen molar-refractivity contribution in [2.24, 2.45) is 0 Å². The Balaban J connectivity index is 1.25. The molecule has 14 heteroatoms. The fourth-order valence-electron chi connectivity index (χ4n) is 4.75. The SMILES string of the molecule is O=C(Nc1cc(Cl)c(NCc2cccc(OCC(F)(F)F)n2)cc1F)N1[C@H]2CC[C@@H]1c1n[nH]c(=O)cc1C2. The largest absolute Gasteiger partial charge is 0.468 e. The van der Waals surface area contributed by atoms with Gasteiger partial charge in [0.15, 0.2) is 6.61 Å². The number of pyridine rings is 1. The number of amides is 2. The van der Waals surface area contributed by atoms with E-state index >= 15 is 0 Å². The first-order valence-corrected chi connectivity index (χ1v) is 12.0. The molecule has 38 heavy (non-hydrogen) atoms. The number of H-pyrrole nitrogens is 1. The molecular formula is C24H21ClF4N6O3. The van der Waals surface area contributed by atoms with Gasteiger partial charge in [-0.2, -0.15) is 18.3 Å². The number of anilines is 2. The molecule has 1 saturated heterocycles. The number of nitrogens with one attached hydrogen (secondary N) is 3. The molecule has 9 nitrogen and oxygen atoms in total. The summed E-state index contributed by atoms with van der Waals surface area (Å²) in [6.45, 7) is -1.44. The standard InChI is InChI=1S/C24H21ClF4N6O3/c25-15-8-18(32-23(37)35-14-4-5-19(35)22-12(6-14)7-20(36)33-34-22)16(26)9-17(15)30-10-13-2-1-3-21(31-13)38-11-24(27,28)29/h1-3,7-9,14,19,30H,4-6,10-11H2,(H,32,37)(H,33,36)/t14-,19+/m0/s1. The van der Waals surface area contributed by atoms with Crippen LogP contribution >= 0.6 is 11.6 Å². The molecule has 1 aromatic carbocycles. The lowest BCUT2D eigenvalue weighted by atomic mass is 9.99. The van der Waals surface area contributed by atoms with Crippen LogP contribution in [0.3, 0.4) is 0 Å². The van der Waals surface area contributed by atoms with Gasteiger partial charge in [0.25, 0.3) is 5.56 Å². The van der Waals surface area contributed by atoms with Crippen molar-refractivity contribution < 1.29 is 27.1 Å². The minimum Gasteiger partial charge on any atom is -0.468 e. The van der Waals surface area contributed by atoms with Crippen molar-refractivity contribution in [3.8, 4) is 5.88 Å². The molecule has 4 heterocycles. The molecule has 1 fully saturated rings. The second kappa shape index (κ2) is 10.1. The fraction of sp³-hybridized carbons (Fsp3) is 0.333. The van der Waals surface area contributed by atoms with Crippen LogP contribution in [0.4, 0.5) is 33.7 Å². The van der Waals surface area contributed by atoms with Gasteiger partial charge < -0.3 is 20.3 Å². The Labute approximate surface area is 218 Å². The Morgan fingerprint density at radius 2 is 2.03 bits per heavy atom. The van der Waals surface area contributed by atoms with Crippen molar-refractivity contribution in [3.63, 3.8) is 0 Å². The molecule has 0 radical (unpaired) electrons. The van der Waals surface area contributed by atoms with Crippen LogP contribution in [-0.2, 0) is 13.0 Å². The Bertz CT molecular complexity index is 1430. The number of aromatic amines is 1. The normalized spacial score (nSPS) is 18.2. The van der Waals surface area contributed by atoms with Crippen molar-refractivity contribution >= 4 is 29.0 Å². The molecule has 0 unspecified atom stereocenters. The molecule has 2 aliphatic heterocycles. The van der Waals surface area contributed by atoms with Crippen LogP contribution in [0, 0.1) is 5.82 Å². The number of hydrogen-bond donors (Lipinski definition) is 3. The predicted octanol–water partition coefficient (Wildman–Crippen LogP) is 4.80. The summed E-state index contributed by atoms with van der Waals surface area (Å²) in [6, 6.07) is 7.22. The topological polar surface area (TPSA) is 112 Å². The van der Waals surface area contributed by atoms with Gasteiger partial charge in [-0.3, -0.25) is 4.79 Å². The molecule has 2 atom stereocenters. The minimum atomic E-state index is -4.49. The van der Waals surface area contributed by atoms with Crippen LogP contribution < -0.4 is 20.9 Å². The summed E-state index contributed by atoms with van der Waals surface area (Å²) in [4.78, 5) is 30.3. The van der Waals surface area contributed by atoms with Crippen molar-refractivity contribution in [3.05, 3.63) is 74.5 Å². The quantitative estimate of drug-likeness (QED) is 0.379. The third kappa shape index (κ3) is 5.52. The highest BCUT2D eigenvalue weighted by Crippen LogP contribution is 2.42. The van der Waals surface area contributed by atoms with Crippen molar-refractivity contribution in [2.45, 2.75) is 44.1 Å². The number of carbonyl (C=O) groups is 1. The summed E-state index contributed by atoms with van der Waals surface area (Å²) in [5, 5.41) is 12.1. The van der Waals surface area contributed by atoms with Crippen LogP contribution in [0.15, 0.2) is 41.2 Å². The van der Waals surface area contributed by atoms with E-state index in [1.54, 1.807) is 11.0 Å². The highest BCUT2D eigenvalue weighted by molar-refractivity contribution is 6.33. The summed E-state index contributed by atoms with van der Waals surface area (Å²) in [5.74, 6) is -0.944. The summed E-state index contributed by atoms with van der Waals surface area (Å²) in [5.41, 5.74) is 1.56. The number of aromatic nitrogens is 3. The van der Waals surface area contributed by atoms with E-state index in [2.05, 4.69) is 30.6 Å². The van der Waals surface area contributed by atoms with E-state index in [0.29, 0.717) is 24.2 Å². The maximum atomic E-state index is 14.9. The second-order valence-electron chi connectivity index (χ2n) is 8.97. The number of nitrogens with zero attached hydrogens (tertiary/aromatic N) is 3. The van der Waals surface area contributed by atoms with Gasteiger partial charge >= 0.3 is 12.2 Å². The summed E-state index contributed by atoms with van der Waals surface area (Å²) in [6.07, 6.45) is -2.61. The maximum absolute atomic E-state index is 14.9. The molecule has 0 aliphatic carbocycles. The molecule has 2 amide bonds. The monoisotopic (exact) mass is 552 g/mol. The molecule has 0 spiro atoms. The maximum Gasteiger partial charge on any atom is 0.422 e. The zero-order valence-corrected chi connectivity index (χ0v) is 20.4. The molecular weight excluding hydrogens is 532 g/mol. The smallest absolute Gasteiger partial charge is 0.422 e. The number of halogens is 5. The van der Waals surface area contributed by atoms with Crippen molar-refractivity contribution in [2.75, 3.05) is 17.2 Å². The van der Waals surface area contributed by atoms with Gasteiger partial charge in [-0.1, -0.05) is 17.7 Å². The zero-order chi connectivity index (χ0) is 27.0. The van der Waals surface area contributed by atoms with Gasteiger partial charge in [-0.05, 0) is 37.0 Å². The molecule has 2 aliphatic rings. The lowest BCUT2D eigenvalue weighted by Crippen LogP contribution is -2.45. The van der Waals surface area contributed by atoms with Crippen LogP contribution in [0.2, 0.25) is 5.02 Å². The van der Waals surface area contributed by atoms with E-state index < -0.39 is 24.6 Å². The van der Waals surface area contributed by atoms with Crippen LogP contribution in [-0.4, -0.2) is 44.9 Å². The molecule has 2 aromatic heterocycles. The number of rotatable bonds is 6. The number of urea groups is 1.